The van der Waals surface area contributed by atoms with E-state index in [1.54, 1.807) is 37.4 Å². The number of fused-ring (bicyclic) bond motifs is 1. The fraction of sp³-hybridized carbons (Fsp3) is 0.367. The minimum Gasteiger partial charge on any atom is -0.437 e. The molecular weight excluding hydrogens is 581 g/mol. The van der Waals surface area contributed by atoms with Gasteiger partial charge in [-0.05, 0) is 70.6 Å². The molecule has 0 amide bonds. The third kappa shape index (κ3) is 8.32. The van der Waals surface area contributed by atoms with Gasteiger partial charge in [0.05, 0.1) is 22.7 Å². The third-order valence-electron chi connectivity index (χ3n) is 6.83. The first-order valence-electron chi connectivity index (χ1n) is 13.8. The van der Waals surface area contributed by atoms with Crippen LogP contribution in [0, 0.1) is 12.7 Å². The van der Waals surface area contributed by atoms with Crippen molar-refractivity contribution in [1.82, 2.24) is 15.3 Å². The molecule has 0 unspecified atom stereocenters. The minimum absolute atomic E-state index is 0.106. The molecule has 13 heteroatoms. The zero-order chi connectivity index (χ0) is 31.2. The molecule has 3 aromatic rings. The molecule has 230 valence electrons. The lowest BCUT2D eigenvalue weighted by molar-refractivity contribution is 0.0189. The number of aromatic nitrogens is 2. The van der Waals surface area contributed by atoms with E-state index in [1.165, 1.54) is 12.1 Å². The van der Waals surface area contributed by atoms with E-state index in [0.717, 1.165) is 32.0 Å². The number of piperidine rings is 1. The van der Waals surface area contributed by atoms with Crippen molar-refractivity contribution in [2.45, 2.75) is 52.0 Å². The van der Waals surface area contributed by atoms with Gasteiger partial charge in [-0.25, -0.2) is 36.5 Å². The molecule has 43 heavy (non-hydrogen) atoms. The van der Waals surface area contributed by atoms with Crippen molar-refractivity contribution in [2.75, 3.05) is 28.9 Å². The molecule has 1 atom stereocenters. The van der Waals surface area contributed by atoms with Crippen LogP contribution < -0.4 is 20.1 Å². The molecule has 0 bridgehead atoms. The van der Waals surface area contributed by atoms with Gasteiger partial charge in [-0.15, -0.1) is 0 Å². The van der Waals surface area contributed by atoms with Crippen molar-refractivity contribution in [1.29, 1.82) is 0 Å². The Kier molecular flexibility index (Phi) is 10.1. The number of alkyl halides is 2. The van der Waals surface area contributed by atoms with E-state index in [0.29, 0.717) is 35.1 Å². The summed E-state index contributed by atoms with van der Waals surface area (Å²) in [6.45, 7) is 9.69. The number of aryl methyl sites for hydroxylation is 1. The van der Waals surface area contributed by atoms with Gasteiger partial charge in [0.2, 0.25) is 27.8 Å². The average molecular weight is 617 g/mol. The second-order valence-electron chi connectivity index (χ2n) is 10.4. The first-order valence-corrected chi connectivity index (χ1v) is 15.5. The highest BCUT2D eigenvalue weighted by molar-refractivity contribution is 7.92. The summed E-state index contributed by atoms with van der Waals surface area (Å²) >= 11 is 0. The quantitative estimate of drug-likeness (QED) is 0.129. The molecule has 0 aliphatic carbocycles. The maximum atomic E-state index is 15.0. The van der Waals surface area contributed by atoms with Crippen molar-refractivity contribution in [2.24, 2.45) is 4.99 Å². The summed E-state index contributed by atoms with van der Waals surface area (Å²) in [5.41, 5.74) is 1.31. The van der Waals surface area contributed by atoms with Gasteiger partial charge in [0.15, 0.2) is 0 Å². The van der Waals surface area contributed by atoms with Crippen LogP contribution in [0.4, 0.5) is 24.8 Å². The van der Waals surface area contributed by atoms with Gasteiger partial charge in [0.1, 0.15) is 11.6 Å². The Morgan fingerprint density at radius 2 is 2.02 bits per heavy atom. The van der Waals surface area contributed by atoms with Crippen molar-refractivity contribution in [3.63, 3.8) is 0 Å². The van der Waals surface area contributed by atoms with Crippen molar-refractivity contribution >= 4 is 44.7 Å². The Labute approximate surface area is 249 Å². The van der Waals surface area contributed by atoms with Crippen LogP contribution in [-0.2, 0) is 10.0 Å². The second kappa shape index (κ2) is 13.6. The lowest BCUT2D eigenvalue weighted by atomic mass is 10.0. The standard InChI is InChI=1S/C30H35F3N6O3S/c1-5-7-23(25-13-16-36-29(38-25)37-20-8-6-15-35-18-20)28(34-4)42-27-19(2)9-10-21-22(27)11-12-24(31)26(21)39-43(40,41)17-14-30(3,32)33/h5,7,9-13,16,20,35,39H,4,6,8,14-15,17-18H2,1-3H3,(H,36,37,38)/b7-5-,28-23-/t20-/m0/s1. The molecule has 0 saturated carbocycles. The monoisotopic (exact) mass is 616 g/mol. The summed E-state index contributed by atoms with van der Waals surface area (Å²) in [7, 11) is -4.29. The fourth-order valence-corrected chi connectivity index (χ4v) is 5.91. The summed E-state index contributed by atoms with van der Waals surface area (Å²) in [5.74, 6) is -4.10. The zero-order valence-corrected chi connectivity index (χ0v) is 25.1. The highest BCUT2D eigenvalue weighted by Gasteiger charge is 2.26. The largest absolute Gasteiger partial charge is 0.437 e. The number of ether oxygens (including phenoxy) is 1. The molecule has 2 aromatic carbocycles. The number of nitrogens with zero attached hydrogens (tertiary/aromatic N) is 3. The maximum Gasteiger partial charge on any atom is 0.246 e. The van der Waals surface area contributed by atoms with Crippen molar-refractivity contribution in [3.8, 4) is 5.75 Å². The molecule has 1 fully saturated rings. The summed E-state index contributed by atoms with van der Waals surface area (Å²) in [6, 6.07) is 7.61. The molecule has 1 saturated heterocycles. The SMILES string of the molecule is C=N/C(Oc1c(C)ccc2c(NS(=O)(=O)CCC(C)(F)F)c(F)ccc12)=C(\C=C/C)c1ccnc(N[C@H]2CCCNC2)n1. The maximum absolute atomic E-state index is 15.0. The van der Waals surface area contributed by atoms with Gasteiger partial charge in [-0.1, -0.05) is 24.3 Å². The Balaban J connectivity index is 1.73. The summed E-state index contributed by atoms with van der Waals surface area (Å²) in [5, 5.41) is 7.25. The smallest absolute Gasteiger partial charge is 0.246 e. The number of sulfonamides is 1. The first-order chi connectivity index (χ1) is 20.4. The first kappa shape index (κ1) is 32.0. The molecule has 1 aliphatic heterocycles. The van der Waals surface area contributed by atoms with Gasteiger partial charge in [0.25, 0.3) is 0 Å². The van der Waals surface area contributed by atoms with E-state index < -0.39 is 33.9 Å². The number of rotatable bonds is 12. The van der Waals surface area contributed by atoms with E-state index in [4.69, 9.17) is 4.74 Å². The van der Waals surface area contributed by atoms with Gasteiger partial charge in [0, 0.05) is 36.0 Å². The minimum atomic E-state index is -4.29. The summed E-state index contributed by atoms with van der Waals surface area (Å²) in [6.07, 6.45) is 6.32. The highest BCUT2D eigenvalue weighted by atomic mass is 32.2. The van der Waals surface area contributed by atoms with Crippen LogP contribution in [0.2, 0.25) is 0 Å². The van der Waals surface area contributed by atoms with Gasteiger partial charge < -0.3 is 15.4 Å². The Morgan fingerprint density at radius 3 is 2.70 bits per heavy atom. The average Bonchev–Trinajstić information content (AvgIpc) is 2.96. The van der Waals surface area contributed by atoms with E-state index in [9.17, 15) is 21.6 Å². The van der Waals surface area contributed by atoms with E-state index in [1.807, 2.05) is 6.92 Å². The topological polar surface area (TPSA) is 118 Å². The number of halogens is 3. The van der Waals surface area contributed by atoms with Crippen LogP contribution >= 0.6 is 0 Å². The molecular formula is C30H35F3N6O3S. The molecule has 2 heterocycles. The van der Waals surface area contributed by atoms with E-state index in [-0.39, 0.29) is 28.7 Å². The summed E-state index contributed by atoms with van der Waals surface area (Å²) in [4.78, 5) is 13.2. The van der Waals surface area contributed by atoms with Crippen LogP contribution in [0.25, 0.3) is 16.3 Å². The molecule has 0 spiro atoms. The number of hydrogen-bond acceptors (Lipinski definition) is 8. The second-order valence-corrected chi connectivity index (χ2v) is 12.2. The predicted octanol–water partition coefficient (Wildman–Crippen LogP) is 6.05. The van der Waals surface area contributed by atoms with E-state index >= 15 is 0 Å². The highest BCUT2D eigenvalue weighted by Crippen LogP contribution is 2.38. The van der Waals surface area contributed by atoms with Crippen molar-refractivity contribution < 1.29 is 26.3 Å². The van der Waals surface area contributed by atoms with Crippen LogP contribution in [0.15, 0.2) is 59.6 Å². The molecule has 1 aromatic heterocycles. The number of benzene rings is 2. The zero-order valence-electron chi connectivity index (χ0n) is 24.3. The van der Waals surface area contributed by atoms with Gasteiger partial charge in [-0.3, -0.25) is 4.72 Å². The van der Waals surface area contributed by atoms with Crippen LogP contribution in [0.3, 0.4) is 0 Å². The Bertz CT molecular complexity index is 1650. The number of aliphatic imine (C=N–C) groups is 1. The Morgan fingerprint density at radius 1 is 1.26 bits per heavy atom. The van der Waals surface area contributed by atoms with Crippen LogP contribution in [0.1, 0.15) is 44.4 Å². The normalized spacial score (nSPS) is 16.7. The number of allylic oxidation sites excluding steroid dienone is 3. The molecule has 1 aliphatic rings. The van der Waals surface area contributed by atoms with Crippen LogP contribution in [-0.4, -0.2) is 55.9 Å². The molecule has 3 N–H and O–H groups in total. The lowest BCUT2D eigenvalue weighted by Crippen LogP contribution is -2.38. The fourth-order valence-electron chi connectivity index (χ4n) is 4.66. The molecule has 9 nitrogen and oxygen atoms in total. The van der Waals surface area contributed by atoms with E-state index in [2.05, 4.69) is 37.0 Å². The lowest BCUT2D eigenvalue weighted by Gasteiger charge is -2.23. The predicted molar refractivity (Wildman–Crippen MR) is 165 cm³/mol. The number of hydrogen-bond donors (Lipinski definition) is 3. The molecule has 4 rings (SSSR count). The van der Waals surface area contributed by atoms with Crippen LogP contribution in [0.5, 0.6) is 5.75 Å². The number of nitrogens with one attached hydrogen (secondary N) is 3. The Hall–Kier alpha value is -3.97. The van der Waals surface area contributed by atoms with Gasteiger partial charge in [-0.2, -0.15) is 0 Å². The third-order valence-corrected chi connectivity index (χ3v) is 8.09. The molecule has 0 radical (unpaired) electrons. The van der Waals surface area contributed by atoms with Crippen molar-refractivity contribution in [3.05, 3.63) is 71.6 Å². The summed E-state index contributed by atoms with van der Waals surface area (Å²) < 4.78 is 75.2. The van der Waals surface area contributed by atoms with Gasteiger partial charge >= 0.3 is 0 Å². The number of anilines is 2.